The van der Waals surface area contributed by atoms with Gasteiger partial charge in [0, 0.05) is 22.8 Å². The summed E-state index contributed by atoms with van der Waals surface area (Å²) in [5, 5.41) is 2.36. The number of nitrogens with zero attached hydrogens (tertiary/aromatic N) is 1. The fourth-order valence-corrected chi connectivity index (χ4v) is 6.33. The molecule has 2 heteroatoms. The normalized spacial score (nSPS) is 11.4. The number of benzene rings is 7. The molecule has 50 heavy (non-hydrogen) atoms. The van der Waals surface area contributed by atoms with Gasteiger partial charge in [-0.3, -0.25) is 0 Å². The highest BCUT2D eigenvalue weighted by atomic mass is 16.5. The van der Waals surface area contributed by atoms with Gasteiger partial charge in [-0.1, -0.05) is 169 Å². The Balaban J connectivity index is 1.35. The molecule has 0 aliphatic rings. The van der Waals surface area contributed by atoms with Gasteiger partial charge < -0.3 is 9.64 Å². The van der Waals surface area contributed by atoms with Crippen molar-refractivity contribution in [2.45, 2.75) is 6.92 Å². The molecule has 7 aromatic carbocycles. The highest BCUT2D eigenvalue weighted by Crippen LogP contribution is 2.37. The van der Waals surface area contributed by atoms with Gasteiger partial charge in [0.15, 0.2) is 0 Å². The van der Waals surface area contributed by atoms with E-state index in [-0.39, 0.29) is 0 Å². The maximum atomic E-state index is 5.42. The maximum absolute atomic E-state index is 5.42. The number of rotatable bonds is 10. The lowest BCUT2D eigenvalue weighted by Crippen LogP contribution is -2.11. The molecule has 0 aliphatic carbocycles. The maximum Gasteiger partial charge on any atom is 0.118 e. The minimum absolute atomic E-state index is 0.845. The summed E-state index contributed by atoms with van der Waals surface area (Å²) in [5.41, 5.74) is 11.5. The largest absolute Gasteiger partial charge is 0.497 e. The number of fused-ring (bicyclic) bond motifs is 1. The summed E-state index contributed by atoms with van der Waals surface area (Å²) in [5.74, 6) is 0.845. The van der Waals surface area contributed by atoms with Gasteiger partial charge >= 0.3 is 0 Å². The molecule has 7 rings (SSSR count). The Morgan fingerprint density at radius 2 is 1.02 bits per heavy atom. The van der Waals surface area contributed by atoms with Gasteiger partial charge in [-0.05, 0) is 76.0 Å². The van der Waals surface area contributed by atoms with Crippen LogP contribution in [-0.2, 0) is 0 Å². The predicted molar refractivity (Wildman–Crippen MR) is 213 cm³/mol. The number of hydrogen-bond donors (Lipinski definition) is 0. The highest BCUT2D eigenvalue weighted by Gasteiger charge is 2.15. The first-order valence-electron chi connectivity index (χ1n) is 17.0. The monoisotopic (exact) mass is 645 g/mol. The average Bonchev–Trinajstić information content (AvgIpc) is 3.19. The molecule has 0 N–H and O–H groups in total. The van der Waals surface area contributed by atoms with E-state index in [0.29, 0.717) is 0 Å². The van der Waals surface area contributed by atoms with Crippen LogP contribution >= 0.6 is 0 Å². The third-order valence-corrected chi connectivity index (χ3v) is 8.96. The van der Waals surface area contributed by atoms with Gasteiger partial charge in [-0.15, -0.1) is 0 Å². The fourth-order valence-electron chi connectivity index (χ4n) is 6.33. The van der Waals surface area contributed by atoms with E-state index in [1.807, 2.05) is 12.1 Å². The molecule has 0 radical (unpaired) electrons. The van der Waals surface area contributed by atoms with Crippen molar-refractivity contribution in [1.82, 2.24) is 0 Å². The number of ether oxygens (including phenoxy) is 1. The molecule has 0 bridgehead atoms. The number of methoxy groups -OCH3 is 1. The molecule has 0 unspecified atom stereocenters. The molecule has 0 saturated heterocycles. The van der Waals surface area contributed by atoms with Gasteiger partial charge in [0.1, 0.15) is 5.75 Å². The zero-order valence-corrected chi connectivity index (χ0v) is 28.4. The van der Waals surface area contributed by atoms with E-state index in [9.17, 15) is 0 Å². The van der Waals surface area contributed by atoms with Crippen LogP contribution in [0.5, 0.6) is 5.75 Å². The van der Waals surface area contributed by atoms with Crippen LogP contribution < -0.4 is 9.64 Å². The lowest BCUT2D eigenvalue weighted by atomic mass is 9.96. The molecule has 0 aromatic heterocycles. The fraction of sp³-hybridized carbons (Fsp3) is 0.0417. The minimum Gasteiger partial charge on any atom is -0.497 e. The van der Waals surface area contributed by atoms with Crippen molar-refractivity contribution in [3.8, 4) is 5.75 Å². The molecule has 0 atom stereocenters. The molecule has 0 amide bonds. The molecule has 0 aliphatic heterocycles. The first-order chi connectivity index (χ1) is 24.7. The molecule has 0 fully saturated rings. The number of aryl methyl sites for hydroxylation is 1. The lowest BCUT2D eigenvalue weighted by molar-refractivity contribution is 0.415. The second-order valence-corrected chi connectivity index (χ2v) is 12.2. The van der Waals surface area contributed by atoms with Crippen molar-refractivity contribution in [3.05, 3.63) is 228 Å². The van der Waals surface area contributed by atoms with Crippen LogP contribution in [0.3, 0.4) is 0 Å². The molecular formula is C48H39NO. The molecule has 0 heterocycles. The van der Waals surface area contributed by atoms with Gasteiger partial charge in [-0.25, -0.2) is 0 Å². The number of anilines is 2. The molecule has 0 spiro atoms. The van der Waals surface area contributed by atoms with Gasteiger partial charge in [0.05, 0.1) is 12.8 Å². The van der Waals surface area contributed by atoms with E-state index < -0.39 is 0 Å². The van der Waals surface area contributed by atoms with E-state index in [2.05, 4.69) is 200 Å². The Morgan fingerprint density at radius 3 is 1.60 bits per heavy atom. The molecule has 2 nitrogen and oxygen atoms in total. The van der Waals surface area contributed by atoms with Crippen molar-refractivity contribution in [2.24, 2.45) is 0 Å². The number of allylic oxidation sites excluding steroid dienone is 2. The zero-order valence-electron chi connectivity index (χ0n) is 28.4. The molecule has 7 aromatic rings. The smallest absolute Gasteiger partial charge is 0.118 e. The summed E-state index contributed by atoms with van der Waals surface area (Å²) in [6.07, 6.45) is 8.86. The predicted octanol–water partition coefficient (Wildman–Crippen LogP) is 12.5. The summed E-state index contributed by atoms with van der Waals surface area (Å²) in [4.78, 5) is 2.34. The summed E-state index contributed by atoms with van der Waals surface area (Å²) >= 11 is 0. The van der Waals surface area contributed by atoms with Gasteiger partial charge in [-0.2, -0.15) is 0 Å². The van der Waals surface area contributed by atoms with Gasteiger partial charge in [0.25, 0.3) is 0 Å². The topological polar surface area (TPSA) is 12.5 Å². The third-order valence-electron chi connectivity index (χ3n) is 8.96. The zero-order chi connectivity index (χ0) is 34.1. The number of hydrogen-bond acceptors (Lipinski definition) is 2. The summed E-state index contributed by atoms with van der Waals surface area (Å²) in [6, 6.07) is 62.0. The Labute approximate surface area is 295 Å². The second-order valence-electron chi connectivity index (χ2n) is 12.2. The lowest BCUT2D eigenvalue weighted by Gasteiger charge is -2.25. The molecule has 242 valence electrons. The van der Waals surface area contributed by atoms with Crippen LogP contribution in [0.1, 0.15) is 33.4 Å². The van der Waals surface area contributed by atoms with Crippen molar-refractivity contribution in [1.29, 1.82) is 0 Å². The van der Waals surface area contributed by atoms with Crippen LogP contribution in [0.25, 0.3) is 28.0 Å². The Morgan fingerprint density at radius 1 is 0.500 bits per heavy atom. The third kappa shape index (κ3) is 7.21. The standard InChI is InChI=1S/C48H39NO/c1-36-25-30-42(31-26-36)49(35-47(38-17-8-4-9-18-38)39-19-10-5-11-20-39)48-34-29-40(45-22-12-13-23-46(45)48)21-14-24-44(37-15-6-3-7-16-37)41-27-32-43(50-2)33-28-41/h3-35H,1-2H3. The van der Waals surface area contributed by atoms with Crippen molar-refractivity contribution < 1.29 is 4.74 Å². The van der Waals surface area contributed by atoms with E-state index in [1.54, 1.807) is 7.11 Å². The Bertz CT molecular complexity index is 2220. The van der Waals surface area contributed by atoms with Crippen molar-refractivity contribution in [3.63, 3.8) is 0 Å². The van der Waals surface area contributed by atoms with Gasteiger partial charge in [0.2, 0.25) is 0 Å². The van der Waals surface area contributed by atoms with E-state index in [1.165, 1.54) is 16.3 Å². The SMILES string of the molecule is COc1ccc(C(=CC=Cc2ccc(N(C=C(c3ccccc3)c3ccccc3)c3ccc(C)cc3)c3ccccc23)c2ccccc2)cc1. The van der Waals surface area contributed by atoms with Crippen LogP contribution in [0, 0.1) is 6.92 Å². The summed E-state index contributed by atoms with van der Waals surface area (Å²) in [6.45, 7) is 2.13. The first kappa shape index (κ1) is 32.2. The molecule has 0 saturated carbocycles. The van der Waals surface area contributed by atoms with Crippen LogP contribution in [0.2, 0.25) is 0 Å². The van der Waals surface area contributed by atoms with Crippen molar-refractivity contribution in [2.75, 3.05) is 12.0 Å². The quantitative estimate of drug-likeness (QED) is 0.137. The van der Waals surface area contributed by atoms with Crippen molar-refractivity contribution >= 4 is 39.4 Å². The Kier molecular flexibility index (Phi) is 9.80. The summed E-state index contributed by atoms with van der Waals surface area (Å²) in [7, 11) is 1.70. The van der Waals surface area contributed by atoms with E-state index in [0.717, 1.165) is 56.1 Å². The van der Waals surface area contributed by atoms with Crippen LogP contribution in [0.4, 0.5) is 11.4 Å². The second kappa shape index (κ2) is 15.2. The highest BCUT2D eigenvalue weighted by molar-refractivity contribution is 6.02. The first-order valence-corrected chi connectivity index (χ1v) is 17.0. The Hall–Kier alpha value is -6.38. The molecular weight excluding hydrogens is 607 g/mol. The minimum atomic E-state index is 0.845. The van der Waals surface area contributed by atoms with Crippen LogP contribution in [-0.4, -0.2) is 7.11 Å². The van der Waals surface area contributed by atoms with E-state index in [4.69, 9.17) is 4.74 Å². The van der Waals surface area contributed by atoms with Crippen LogP contribution in [0.15, 0.2) is 194 Å². The average molecular weight is 646 g/mol. The summed E-state index contributed by atoms with van der Waals surface area (Å²) < 4.78 is 5.42. The van der Waals surface area contributed by atoms with E-state index >= 15 is 0 Å².